The Bertz CT molecular complexity index is 1040. The molecule has 1 heterocycles. The fourth-order valence-corrected chi connectivity index (χ4v) is 3.36. The lowest BCUT2D eigenvalue weighted by Gasteiger charge is -2.09. The summed E-state index contributed by atoms with van der Waals surface area (Å²) < 4.78 is 32.4. The van der Waals surface area contributed by atoms with Crippen molar-refractivity contribution in [2.45, 2.75) is 11.4 Å². The lowest BCUT2D eigenvalue weighted by molar-refractivity contribution is 0.102. The van der Waals surface area contributed by atoms with Gasteiger partial charge in [-0.3, -0.25) is 9.59 Å². The van der Waals surface area contributed by atoms with Gasteiger partial charge in [0, 0.05) is 16.8 Å². The predicted molar refractivity (Wildman–Crippen MR) is 99.0 cm³/mol. The molecule has 0 aliphatic rings. The van der Waals surface area contributed by atoms with Crippen LogP contribution in [0.5, 0.6) is 0 Å². The molecule has 0 saturated heterocycles. The Kier molecular flexibility index (Phi) is 5.49. The maximum atomic E-state index is 12.4. The standard InChI is InChI=1S/C19H16N2O5S/c22-13-14-6-8-15(9-7-14)19(23)21-16-3-1-5-18(11-16)27(24,25)20-12-17-4-2-10-26-17/h1-11,13,20H,12H2,(H,21,23). The fourth-order valence-electron chi connectivity index (χ4n) is 2.32. The van der Waals surface area contributed by atoms with Crippen molar-refractivity contribution in [2.24, 2.45) is 0 Å². The van der Waals surface area contributed by atoms with Crippen molar-refractivity contribution in [2.75, 3.05) is 5.32 Å². The van der Waals surface area contributed by atoms with E-state index in [4.69, 9.17) is 4.42 Å². The molecule has 3 aromatic rings. The summed E-state index contributed by atoms with van der Waals surface area (Å²) in [6, 6.07) is 15.3. The largest absolute Gasteiger partial charge is 0.468 e. The van der Waals surface area contributed by atoms with Gasteiger partial charge in [0.2, 0.25) is 10.0 Å². The molecule has 1 amide bonds. The number of amides is 1. The third kappa shape index (κ3) is 4.69. The number of nitrogens with one attached hydrogen (secondary N) is 2. The van der Waals surface area contributed by atoms with Crippen LogP contribution >= 0.6 is 0 Å². The van der Waals surface area contributed by atoms with E-state index in [9.17, 15) is 18.0 Å². The van der Waals surface area contributed by atoms with E-state index < -0.39 is 15.9 Å². The smallest absolute Gasteiger partial charge is 0.255 e. The summed E-state index contributed by atoms with van der Waals surface area (Å²) in [5, 5.41) is 2.64. The number of benzene rings is 2. The molecule has 1 aromatic heterocycles. The van der Waals surface area contributed by atoms with Crippen molar-refractivity contribution in [1.29, 1.82) is 0 Å². The average molecular weight is 384 g/mol. The van der Waals surface area contributed by atoms with Crippen molar-refractivity contribution < 1.29 is 22.4 Å². The number of rotatable bonds is 7. The van der Waals surface area contributed by atoms with Crippen molar-refractivity contribution >= 4 is 27.9 Å². The van der Waals surface area contributed by atoms with E-state index in [2.05, 4.69) is 10.0 Å². The molecular formula is C19H16N2O5S. The van der Waals surface area contributed by atoms with Gasteiger partial charge in [0.05, 0.1) is 17.7 Å². The summed E-state index contributed by atoms with van der Waals surface area (Å²) in [7, 11) is -3.77. The summed E-state index contributed by atoms with van der Waals surface area (Å²) >= 11 is 0. The molecular weight excluding hydrogens is 368 g/mol. The van der Waals surface area contributed by atoms with Crippen molar-refractivity contribution in [3.05, 3.63) is 83.8 Å². The van der Waals surface area contributed by atoms with Crippen LogP contribution in [0.3, 0.4) is 0 Å². The molecule has 0 aliphatic carbocycles. The van der Waals surface area contributed by atoms with Gasteiger partial charge in [0.1, 0.15) is 12.0 Å². The number of carbonyl (C=O) groups excluding carboxylic acids is 2. The summed E-state index contributed by atoms with van der Waals surface area (Å²) in [5.41, 5.74) is 1.15. The van der Waals surface area contributed by atoms with Crippen LogP contribution in [0.2, 0.25) is 0 Å². The molecule has 0 aliphatic heterocycles. The van der Waals surface area contributed by atoms with Crippen LogP contribution in [0.1, 0.15) is 26.5 Å². The van der Waals surface area contributed by atoms with E-state index >= 15 is 0 Å². The van der Waals surface area contributed by atoms with Crippen molar-refractivity contribution in [3.8, 4) is 0 Å². The molecule has 0 fully saturated rings. The molecule has 8 heteroatoms. The predicted octanol–water partition coefficient (Wildman–Crippen LogP) is 2.82. The molecule has 0 atom stereocenters. The lowest BCUT2D eigenvalue weighted by Crippen LogP contribution is -2.23. The first-order valence-corrected chi connectivity index (χ1v) is 9.45. The minimum absolute atomic E-state index is 0.0168. The molecule has 0 unspecified atom stereocenters. The number of sulfonamides is 1. The Morgan fingerprint density at radius 3 is 2.48 bits per heavy atom. The SMILES string of the molecule is O=Cc1ccc(C(=O)Nc2cccc(S(=O)(=O)NCc3ccco3)c2)cc1. The van der Waals surface area contributed by atoms with Gasteiger partial charge < -0.3 is 9.73 Å². The summed E-state index contributed by atoms with van der Waals surface area (Å²) in [5.74, 6) is 0.0762. The minimum Gasteiger partial charge on any atom is -0.468 e. The molecule has 2 N–H and O–H groups in total. The highest BCUT2D eigenvalue weighted by atomic mass is 32.2. The Balaban J connectivity index is 1.72. The Labute approximate surface area is 156 Å². The quantitative estimate of drug-likeness (QED) is 0.610. The van der Waals surface area contributed by atoms with E-state index in [0.717, 1.165) is 0 Å². The highest BCUT2D eigenvalue weighted by molar-refractivity contribution is 7.89. The van der Waals surface area contributed by atoms with Crippen molar-refractivity contribution in [1.82, 2.24) is 4.72 Å². The molecule has 0 spiro atoms. The highest BCUT2D eigenvalue weighted by Crippen LogP contribution is 2.17. The number of furan rings is 1. The average Bonchev–Trinajstić information content (AvgIpc) is 3.20. The van der Waals surface area contributed by atoms with Crippen LogP contribution in [-0.4, -0.2) is 20.6 Å². The third-order valence-electron chi connectivity index (χ3n) is 3.73. The molecule has 2 aromatic carbocycles. The van der Waals surface area contributed by atoms with Crippen LogP contribution in [0, 0.1) is 0 Å². The number of hydrogen-bond acceptors (Lipinski definition) is 5. The van der Waals surface area contributed by atoms with Gasteiger partial charge in [-0.15, -0.1) is 0 Å². The summed E-state index contributed by atoms with van der Waals surface area (Å²) in [6.07, 6.45) is 2.15. The Morgan fingerprint density at radius 2 is 1.81 bits per heavy atom. The second kappa shape index (κ2) is 7.98. The lowest BCUT2D eigenvalue weighted by atomic mass is 10.1. The van der Waals surface area contributed by atoms with E-state index in [1.54, 1.807) is 18.2 Å². The van der Waals surface area contributed by atoms with E-state index in [0.29, 0.717) is 28.9 Å². The zero-order chi connectivity index (χ0) is 19.3. The van der Waals surface area contributed by atoms with Crippen molar-refractivity contribution in [3.63, 3.8) is 0 Å². The van der Waals surface area contributed by atoms with Gasteiger partial charge in [-0.2, -0.15) is 0 Å². The Morgan fingerprint density at radius 1 is 1.04 bits per heavy atom. The van der Waals surface area contributed by atoms with Crippen LogP contribution in [0.25, 0.3) is 0 Å². The molecule has 0 radical (unpaired) electrons. The second-order valence-corrected chi connectivity index (χ2v) is 7.39. The number of anilines is 1. The molecule has 0 saturated carbocycles. The van der Waals surface area contributed by atoms with Gasteiger partial charge in [0.15, 0.2) is 0 Å². The fraction of sp³-hybridized carbons (Fsp3) is 0.0526. The molecule has 138 valence electrons. The van der Waals surface area contributed by atoms with E-state index in [1.807, 2.05) is 0 Å². The number of hydrogen-bond donors (Lipinski definition) is 2. The third-order valence-corrected chi connectivity index (χ3v) is 5.13. The van der Waals surface area contributed by atoms with Gasteiger partial charge in [-0.1, -0.05) is 18.2 Å². The van der Waals surface area contributed by atoms with Crippen LogP contribution in [0.4, 0.5) is 5.69 Å². The molecule has 27 heavy (non-hydrogen) atoms. The van der Waals surface area contributed by atoms with Crippen LogP contribution in [0.15, 0.2) is 76.2 Å². The number of carbonyl (C=O) groups is 2. The normalized spacial score (nSPS) is 11.1. The number of aldehydes is 1. The zero-order valence-corrected chi connectivity index (χ0v) is 14.9. The highest BCUT2D eigenvalue weighted by Gasteiger charge is 2.15. The van der Waals surface area contributed by atoms with Crippen LogP contribution < -0.4 is 10.0 Å². The van der Waals surface area contributed by atoms with Crippen LogP contribution in [-0.2, 0) is 16.6 Å². The minimum atomic E-state index is -3.77. The maximum absolute atomic E-state index is 12.4. The van der Waals surface area contributed by atoms with E-state index in [-0.39, 0.29) is 11.4 Å². The maximum Gasteiger partial charge on any atom is 0.255 e. The Hall–Kier alpha value is -3.23. The monoisotopic (exact) mass is 384 g/mol. The summed E-state index contributed by atoms with van der Waals surface area (Å²) in [6.45, 7) is 0.0228. The molecule has 7 nitrogen and oxygen atoms in total. The topological polar surface area (TPSA) is 105 Å². The first-order chi connectivity index (χ1) is 13.0. The van der Waals surface area contributed by atoms with Gasteiger partial charge in [0.25, 0.3) is 5.91 Å². The molecule has 3 rings (SSSR count). The summed E-state index contributed by atoms with van der Waals surface area (Å²) in [4.78, 5) is 23.0. The zero-order valence-electron chi connectivity index (χ0n) is 14.1. The van der Waals surface area contributed by atoms with Gasteiger partial charge in [-0.25, -0.2) is 13.1 Å². The van der Waals surface area contributed by atoms with E-state index in [1.165, 1.54) is 48.7 Å². The second-order valence-electron chi connectivity index (χ2n) is 5.63. The first-order valence-electron chi connectivity index (χ1n) is 7.97. The first kappa shape index (κ1) is 18.6. The van der Waals surface area contributed by atoms with Gasteiger partial charge in [-0.05, 0) is 42.5 Å². The van der Waals surface area contributed by atoms with Gasteiger partial charge >= 0.3 is 0 Å². The molecule has 0 bridgehead atoms.